The first kappa shape index (κ1) is 15.3. The summed E-state index contributed by atoms with van der Waals surface area (Å²) < 4.78 is 6.82. The predicted molar refractivity (Wildman–Crippen MR) is 88.8 cm³/mol. The Kier molecular flexibility index (Phi) is 3.88. The van der Waals surface area contributed by atoms with Gasteiger partial charge in [-0.2, -0.15) is 10.1 Å². The summed E-state index contributed by atoms with van der Waals surface area (Å²) in [6, 6.07) is 7.08. The van der Waals surface area contributed by atoms with Gasteiger partial charge in [0, 0.05) is 24.6 Å². The minimum atomic E-state index is -0.255. The Balaban J connectivity index is 1.40. The van der Waals surface area contributed by atoms with Gasteiger partial charge in [0.15, 0.2) is 0 Å². The van der Waals surface area contributed by atoms with E-state index in [1.165, 1.54) is 0 Å². The van der Waals surface area contributed by atoms with Crippen LogP contribution in [0.2, 0.25) is 0 Å². The third-order valence-corrected chi connectivity index (χ3v) is 4.05. The van der Waals surface area contributed by atoms with Crippen LogP contribution in [0.25, 0.3) is 11.4 Å². The second-order valence-corrected chi connectivity index (χ2v) is 5.91. The first-order valence-corrected chi connectivity index (χ1v) is 8.02. The van der Waals surface area contributed by atoms with E-state index in [2.05, 4.69) is 30.9 Å². The van der Waals surface area contributed by atoms with E-state index >= 15 is 0 Å². The first-order chi connectivity index (χ1) is 12.2. The van der Waals surface area contributed by atoms with Crippen LogP contribution in [0.5, 0.6) is 0 Å². The number of nitrogens with one attached hydrogen (secondary N) is 2. The quantitative estimate of drug-likeness (QED) is 0.752. The average Bonchev–Trinajstić information content (AvgIpc) is 3.23. The predicted octanol–water partition coefficient (Wildman–Crippen LogP) is 1.77. The summed E-state index contributed by atoms with van der Waals surface area (Å²) in [4.78, 5) is 20.6. The van der Waals surface area contributed by atoms with Crippen molar-refractivity contribution in [2.75, 3.05) is 5.32 Å². The summed E-state index contributed by atoms with van der Waals surface area (Å²) in [5.41, 5.74) is 1.44. The number of fused-ring (bicyclic) bond motifs is 1. The SMILES string of the molecule is Cc1nc(-c2cccc(NC(=O)N[C@H]3CCc4ncnn4C3)c2)no1. The lowest BCUT2D eigenvalue weighted by molar-refractivity contribution is 0.243. The van der Waals surface area contributed by atoms with E-state index in [0.29, 0.717) is 23.9 Å². The zero-order valence-corrected chi connectivity index (χ0v) is 13.6. The number of hydrogen-bond acceptors (Lipinski definition) is 6. The van der Waals surface area contributed by atoms with E-state index in [1.54, 1.807) is 19.3 Å². The van der Waals surface area contributed by atoms with Crippen molar-refractivity contribution in [3.63, 3.8) is 0 Å². The number of aryl methyl sites for hydroxylation is 2. The molecule has 9 heteroatoms. The largest absolute Gasteiger partial charge is 0.339 e. The summed E-state index contributed by atoms with van der Waals surface area (Å²) in [6.07, 6.45) is 3.19. The van der Waals surface area contributed by atoms with Crippen molar-refractivity contribution in [1.82, 2.24) is 30.2 Å². The van der Waals surface area contributed by atoms with Gasteiger partial charge in [-0.25, -0.2) is 14.5 Å². The fourth-order valence-corrected chi connectivity index (χ4v) is 2.86. The molecule has 2 amide bonds. The molecule has 25 heavy (non-hydrogen) atoms. The Labute approximate surface area is 143 Å². The molecule has 0 aliphatic carbocycles. The summed E-state index contributed by atoms with van der Waals surface area (Å²) in [5.74, 6) is 1.95. The van der Waals surface area contributed by atoms with E-state index in [9.17, 15) is 4.79 Å². The van der Waals surface area contributed by atoms with Crippen LogP contribution < -0.4 is 10.6 Å². The van der Waals surface area contributed by atoms with Gasteiger partial charge in [-0.05, 0) is 18.6 Å². The third-order valence-electron chi connectivity index (χ3n) is 4.05. The molecular formula is C16H17N7O2. The first-order valence-electron chi connectivity index (χ1n) is 8.02. The zero-order valence-electron chi connectivity index (χ0n) is 13.6. The van der Waals surface area contributed by atoms with E-state index in [0.717, 1.165) is 24.2 Å². The standard InChI is InChI=1S/C16H17N7O2/c1-10-19-15(22-25-10)11-3-2-4-12(7-11)20-16(24)21-13-5-6-14-17-9-18-23(14)8-13/h2-4,7,9,13H,5-6,8H2,1H3,(H2,20,21,24)/t13-/m0/s1. The maximum atomic E-state index is 12.3. The van der Waals surface area contributed by atoms with E-state index in [-0.39, 0.29) is 12.1 Å². The maximum absolute atomic E-state index is 12.3. The minimum Gasteiger partial charge on any atom is -0.339 e. The van der Waals surface area contributed by atoms with Gasteiger partial charge >= 0.3 is 6.03 Å². The zero-order chi connectivity index (χ0) is 17.2. The molecule has 2 N–H and O–H groups in total. The Bertz CT molecular complexity index is 901. The molecule has 0 saturated carbocycles. The Hall–Kier alpha value is -3.23. The van der Waals surface area contributed by atoms with Gasteiger partial charge in [-0.1, -0.05) is 17.3 Å². The van der Waals surface area contributed by atoms with E-state index < -0.39 is 0 Å². The minimum absolute atomic E-state index is 0.0252. The second-order valence-electron chi connectivity index (χ2n) is 5.91. The van der Waals surface area contributed by atoms with Crippen LogP contribution >= 0.6 is 0 Å². The lowest BCUT2D eigenvalue weighted by Gasteiger charge is -2.23. The number of anilines is 1. The van der Waals surface area contributed by atoms with Crippen molar-refractivity contribution in [3.05, 3.63) is 42.3 Å². The number of amides is 2. The van der Waals surface area contributed by atoms with Crippen LogP contribution in [-0.4, -0.2) is 37.0 Å². The number of nitrogens with zero attached hydrogens (tertiary/aromatic N) is 5. The number of rotatable bonds is 3. The van der Waals surface area contributed by atoms with Gasteiger partial charge in [-0.15, -0.1) is 0 Å². The highest BCUT2D eigenvalue weighted by Gasteiger charge is 2.21. The van der Waals surface area contributed by atoms with Crippen molar-refractivity contribution in [2.24, 2.45) is 0 Å². The van der Waals surface area contributed by atoms with Crippen molar-refractivity contribution in [1.29, 1.82) is 0 Å². The fraction of sp³-hybridized carbons (Fsp3) is 0.312. The number of carbonyl (C=O) groups excluding carboxylic acids is 1. The lowest BCUT2D eigenvalue weighted by atomic mass is 10.1. The molecule has 1 atom stereocenters. The fourth-order valence-electron chi connectivity index (χ4n) is 2.86. The summed E-state index contributed by atoms with van der Waals surface area (Å²) in [5, 5.41) is 13.9. The van der Waals surface area contributed by atoms with Crippen LogP contribution in [0.1, 0.15) is 18.1 Å². The molecule has 0 saturated heterocycles. The molecule has 0 spiro atoms. The number of carbonyl (C=O) groups is 1. The molecule has 1 aliphatic rings. The van der Waals surface area contributed by atoms with Crippen molar-refractivity contribution in [2.45, 2.75) is 32.4 Å². The molecule has 0 unspecified atom stereocenters. The molecule has 3 aromatic rings. The number of aromatic nitrogens is 5. The molecule has 0 radical (unpaired) electrons. The second kappa shape index (κ2) is 6.34. The maximum Gasteiger partial charge on any atom is 0.319 e. The monoisotopic (exact) mass is 339 g/mol. The Morgan fingerprint density at radius 2 is 2.32 bits per heavy atom. The van der Waals surface area contributed by atoms with Crippen LogP contribution in [0, 0.1) is 6.92 Å². The Morgan fingerprint density at radius 3 is 3.16 bits per heavy atom. The van der Waals surface area contributed by atoms with Crippen molar-refractivity contribution in [3.8, 4) is 11.4 Å². The van der Waals surface area contributed by atoms with Crippen LogP contribution in [0.15, 0.2) is 35.1 Å². The number of urea groups is 1. The van der Waals surface area contributed by atoms with Gasteiger partial charge in [0.25, 0.3) is 0 Å². The van der Waals surface area contributed by atoms with Crippen molar-refractivity contribution >= 4 is 11.7 Å². The van der Waals surface area contributed by atoms with Gasteiger partial charge in [0.1, 0.15) is 12.2 Å². The molecule has 2 aromatic heterocycles. The summed E-state index contributed by atoms with van der Waals surface area (Å²) >= 11 is 0. The van der Waals surface area contributed by atoms with Gasteiger partial charge in [0.05, 0.1) is 12.6 Å². The molecule has 1 aliphatic heterocycles. The summed E-state index contributed by atoms with van der Waals surface area (Å²) in [6.45, 7) is 2.36. The van der Waals surface area contributed by atoms with Gasteiger partial charge in [-0.3, -0.25) is 0 Å². The molecule has 0 bridgehead atoms. The number of hydrogen-bond donors (Lipinski definition) is 2. The molecule has 4 rings (SSSR count). The molecule has 9 nitrogen and oxygen atoms in total. The highest BCUT2D eigenvalue weighted by Crippen LogP contribution is 2.20. The highest BCUT2D eigenvalue weighted by atomic mass is 16.5. The molecular weight excluding hydrogens is 322 g/mol. The van der Waals surface area contributed by atoms with Gasteiger partial charge in [0.2, 0.25) is 11.7 Å². The van der Waals surface area contributed by atoms with Crippen molar-refractivity contribution < 1.29 is 9.32 Å². The van der Waals surface area contributed by atoms with Crippen LogP contribution in [-0.2, 0) is 13.0 Å². The highest BCUT2D eigenvalue weighted by molar-refractivity contribution is 5.90. The molecule has 1 aromatic carbocycles. The average molecular weight is 339 g/mol. The number of benzene rings is 1. The van der Waals surface area contributed by atoms with Crippen LogP contribution in [0.4, 0.5) is 10.5 Å². The van der Waals surface area contributed by atoms with Gasteiger partial charge < -0.3 is 15.2 Å². The smallest absolute Gasteiger partial charge is 0.319 e. The topological polar surface area (TPSA) is 111 Å². The summed E-state index contributed by atoms with van der Waals surface area (Å²) in [7, 11) is 0. The lowest BCUT2D eigenvalue weighted by Crippen LogP contribution is -2.43. The third kappa shape index (κ3) is 3.35. The van der Waals surface area contributed by atoms with E-state index in [4.69, 9.17) is 4.52 Å². The van der Waals surface area contributed by atoms with E-state index in [1.807, 2.05) is 22.9 Å². The molecule has 0 fully saturated rings. The normalized spacial score (nSPS) is 16.3. The molecule has 3 heterocycles. The Morgan fingerprint density at radius 1 is 1.40 bits per heavy atom. The van der Waals surface area contributed by atoms with Crippen LogP contribution in [0.3, 0.4) is 0 Å². The molecule has 128 valence electrons.